The highest BCUT2D eigenvalue weighted by atomic mass is 16.5. The molecular formula is C22H25N5O2. The normalized spacial score (nSPS) is 15.3. The van der Waals surface area contributed by atoms with E-state index in [9.17, 15) is 4.79 Å². The van der Waals surface area contributed by atoms with Crippen LogP contribution in [0.25, 0.3) is 11.3 Å². The summed E-state index contributed by atoms with van der Waals surface area (Å²) in [4.78, 5) is 21.4. The van der Waals surface area contributed by atoms with E-state index in [1.165, 1.54) is 5.56 Å². The molecule has 3 aromatic rings. The van der Waals surface area contributed by atoms with Crippen molar-refractivity contribution in [2.24, 2.45) is 0 Å². The van der Waals surface area contributed by atoms with E-state index in [2.05, 4.69) is 44.3 Å². The maximum absolute atomic E-state index is 12.5. The lowest BCUT2D eigenvalue weighted by molar-refractivity contribution is 0.101. The molecule has 0 bridgehead atoms. The van der Waals surface area contributed by atoms with Crippen LogP contribution in [0.3, 0.4) is 0 Å². The van der Waals surface area contributed by atoms with Crippen molar-refractivity contribution in [2.45, 2.75) is 13.5 Å². The van der Waals surface area contributed by atoms with Gasteiger partial charge >= 0.3 is 0 Å². The van der Waals surface area contributed by atoms with Crippen molar-refractivity contribution in [2.75, 3.05) is 38.0 Å². The molecule has 1 aromatic carbocycles. The zero-order chi connectivity index (χ0) is 20.1. The SMILES string of the molecule is CCN1CCN(Cc2ccc(NC(=O)c3cc(-c4cccnc4)on3)cc2)CC1. The van der Waals surface area contributed by atoms with Gasteiger partial charge in [0.05, 0.1) is 0 Å². The molecule has 1 aliphatic heterocycles. The summed E-state index contributed by atoms with van der Waals surface area (Å²) in [5.41, 5.74) is 3.00. The Morgan fingerprint density at radius 3 is 2.55 bits per heavy atom. The fourth-order valence-corrected chi connectivity index (χ4v) is 3.44. The summed E-state index contributed by atoms with van der Waals surface area (Å²) in [5, 5.41) is 6.74. The quantitative estimate of drug-likeness (QED) is 0.696. The summed E-state index contributed by atoms with van der Waals surface area (Å²) < 4.78 is 5.27. The largest absolute Gasteiger partial charge is 0.355 e. The highest BCUT2D eigenvalue weighted by Gasteiger charge is 2.16. The molecule has 1 N–H and O–H groups in total. The van der Waals surface area contributed by atoms with E-state index in [1.807, 2.05) is 24.3 Å². The standard InChI is InChI=1S/C22H25N5O2/c1-2-26-10-12-27(13-11-26)16-17-5-7-19(8-6-17)24-22(28)20-14-21(29-25-20)18-4-3-9-23-15-18/h3-9,14-15H,2,10-13,16H2,1H3,(H,24,28). The maximum Gasteiger partial charge on any atom is 0.277 e. The third-order valence-electron chi connectivity index (χ3n) is 5.22. The second-order valence-electron chi connectivity index (χ2n) is 7.18. The number of aromatic nitrogens is 2. The highest BCUT2D eigenvalue weighted by molar-refractivity contribution is 6.03. The number of carbonyl (C=O) groups excluding carboxylic acids is 1. The van der Waals surface area contributed by atoms with Crippen molar-refractivity contribution in [3.63, 3.8) is 0 Å². The van der Waals surface area contributed by atoms with Crippen molar-refractivity contribution < 1.29 is 9.32 Å². The molecule has 29 heavy (non-hydrogen) atoms. The number of nitrogens with one attached hydrogen (secondary N) is 1. The van der Waals surface area contributed by atoms with E-state index < -0.39 is 0 Å². The van der Waals surface area contributed by atoms with Crippen LogP contribution in [0.2, 0.25) is 0 Å². The van der Waals surface area contributed by atoms with E-state index in [0.29, 0.717) is 5.76 Å². The van der Waals surface area contributed by atoms with Crippen molar-refractivity contribution >= 4 is 11.6 Å². The fourth-order valence-electron chi connectivity index (χ4n) is 3.44. The van der Waals surface area contributed by atoms with Crippen LogP contribution in [0.5, 0.6) is 0 Å². The monoisotopic (exact) mass is 391 g/mol. The molecule has 0 radical (unpaired) electrons. The summed E-state index contributed by atoms with van der Waals surface area (Å²) >= 11 is 0. The number of amides is 1. The zero-order valence-corrected chi connectivity index (χ0v) is 16.5. The van der Waals surface area contributed by atoms with Crippen molar-refractivity contribution in [1.29, 1.82) is 0 Å². The van der Waals surface area contributed by atoms with E-state index in [-0.39, 0.29) is 11.6 Å². The van der Waals surface area contributed by atoms with Crippen LogP contribution in [-0.4, -0.2) is 58.6 Å². The van der Waals surface area contributed by atoms with Gasteiger partial charge in [-0.05, 0) is 36.4 Å². The molecule has 7 nitrogen and oxygen atoms in total. The minimum atomic E-state index is -0.299. The van der Waals surface area contributed by atoms with Crippen LogP contribution in [0.15, 0.2) is 59.4 Å². The molecule has 1 fully saturated rings. The van der Waals surface area contributed by atoms with Gasteiger partial charge in [0.25, 0.3) is 5.91 Å². The van der Waals surface area contributed by atoms with Gasteiger partial charge in [-0.15, -0.1) is 0 Å². The van der Waals surface area contributed by atoms with Crippen molar-refractivity contribution in [3.05, 3.63) is 66.1 Å². The smallest absolute Gasteiger partial charge is 0.277 e. The Kier molecular flexibility index (Phi) is 5.97. The minimum Gasteiger partial charge on any atom is -0.355 e. The molecule has 1 aliphatic rings. The lowest BCUT2D eigenvalue weighted by Crippen LogP contribution is -2.45. The first-order valence-electron chi connectivity index (χ1n) is 9.93. The number of piperazine rings is 1. The third kappa shape index (κ3) is 4.88. The predicted octanol–water partition coefficient (Wildman–Crippen LogP) is 3.13. The molecule has 7 heteroatoms. The molecule has 1 saturated heterocycles. The van der Waals surface area contributed by atoms with Gasteiger partial charge in [0.15, 0.2) is 11.5 Å². The first-order chi connectivity index (χ1) is 14.2. The summed E-state index contributed by atoms with van der Waals surface area (Å²) in [6.07, 6.45) is 3.35. The summed E-state index contributed by atoms with van der Waals surface area (Å²) in [7, 11) is 0. The summed E-state index contributed by atoms with van der Waals surface area (Å²) in [6, 6.07) is 13.3. The number of hydrogen-bond donors (Lipinski definition) is 1. The number of nitrogens with zero attached hydrogens (tertiary/aromatic N) is 4. The first kappa shape index (κ1) is 19.3. The zero-order valence-electron chi connectivity index (χ0n) is 16.5. The van der Waals surface area contributed by atoms with Crippen molar-refractivity contribution in [1.82, 2.24) is 19.9 Å². The lowest BCUT2D eigenvalue weighted by Gasteiger charge is -2.34. The maximum atomic E-state index is 12.5. The molecule has 2 aromatic heterocycles. The van der Waals surface area contributed by atoms with Gasteiger partial charge in [-0.25, -0.2) is 0 Å². The van der Waals surface area contributed by atoms with Gasteiger partial charge in [0.2, 0.25) is 0 Å². The Morgan fingerprint density at radius 1 is 1.10 bits per heavy atom. The molecule has 0 atom stereocenters. The van der Waals surface area contributed by atoms with Crippen LogP contribution < -0.4 is 5.32 Å². The molecule has 0 spiro atoms. The molecule has 0 unspecified atom stereocenters. The van der Waals surface area contributed by atoms with Gasteiger partial charge in [-0.2, -0.15) is 0 Å². The van der Waals surface area contributed by atoms with Gasteiger partial charge < -0.3 is 14.7 Å². The molecule has 0 aliphatic carbocycles. The third-order valence-corrected chi connectivity index (χ3v) is 5.22. The Bertz CT molecular complexity index is 931. The Hall–Kier alpha value is -3.03. The Balaban J connectivity index is 1.33. The number of carbonyl (C=O) groups is 1. The number of rotatable bonds is 6. The second kappa shape index (κ2) is 8.98. The van der Waals surface area contributed by atoms with Crippen LogP contribution in [0, 0.1) is 0 Å². The van der Waals surface area contributed by atoms with Crippen molar-refractivity contribution in [3.8, 4) is 11.3 Å². The molecule has 4 rings (SSSR count). The first-order valence-corrected chi connectivity index (χ1v) is 9.93. The number of anilines is 1. The highest BCUT2D eigenvalue weighted by Crippen LogP contribution is 2.20. The summed E-state index contributed by atoms with van der Waals surface area (Å²) in [5.74, 6) is 0.217. The van der Waals surface area contributed by atoms with Gasteiger partial charge in [-0.3, -0.25) is 14.7 Å². The fraction of sp³-hybridized carbons (Fsp3) is 0.318. The summed E-state index contributed by atoms with van der Waals surface area (Å²) in [6.45, 7) is 8.71. The minimum absolute atomic E-state index is 0.238. The molecule has 150 valence electrons. The van der Waals surface area contributed by atoms with E-state index in [4.69, 9.17) is 4.52 Å². The lowest BCUT2D eigenvalue weighted by atomic mass is 10.1. The Morgan fingerprint density at radius 2 is 1.86 bits per heavy atom. The predicted molar refractivity (Wildman–Crippen MR) is 112 cm³/mol. The number of hydrogen-bond acceptors (Lipinski definition) is 6. The number of likely N-dealkylation sites (N-methyl/N-ethyl adjacent to an activating group) is 1. The topological polar surface area (TPSA) is 74.5 Å². The van der Waals surface area contributed by atoms with Gasteiger partial charge in [-0.1, -0.05) is 24.2 Å². The Labute approximate surface area is 170 Å². The molecule has 0 saturated carbocycles. The van der Waals surface area contributed by atoms with Crippen LogP contribution in [0.1, 0.15) is 23.0 Å². The molecule has 3 heterocycles. The van der Waals surface area contributed by atoms with E-state index in [1.54, 1.807) is 18.5 Å². The van der Waals surface area contributed by atoms with Gasteiger partial charge in [0, 0.05) is 62.4 Å². The van der Waals surface area contributed by atoms with Gasteiger partial charge in [0.1, 0.15) is 0 Å². The van der Waals surface area contributed by atoms with Crippen LogP contribution in [0.4, 0.5) is 5.69 Å². The molecular weight excluding hydrogens is 366 g/mol. The average Bonchev–Trinajstić information content (AvgIpc) is 3.27. The van der Waals surface area contributed by atoms with E-state index in [0.717, 1.165) is 50.5 Å². The average molecular weight is 391 g/mol. The number of pyridine rings is 1. The second-order valence-corrected chi connectivity index (χ2v) is 7.18. The van der Waals surface area contributed by atoms with E-state index >= 15 is 0 Å². The van der Waals surface area contributed by atoms with Crippen LogP contribution in [-0.2, 0) is 6.54 Å². The van der Waals surface area contributed by atoms with Crippen LogP contribution >= 0.6 is 0 Å². The molecule has 1 amide bonds. The number of benzene rings is 1.